The van der Waals surface area contributed by atoms with Gasteiger partial charge in [-0.05, 0) is 26.2 Å². The first-order valence-corrected chi connectivity index (χ1v) is 8.35. The van der Waals surface area contributed by atoms with Gasteiger partial charge in [-0.1, -0.05) is 13.8 Å². The number of esters is 1. The third kappa shape index (κ3) is 7.42. The van der Waals surface area contributed by atoms with E-state index in [1.54, 1.807) is 0 Å². The van der Waals surface area contributed by atoms with E-state index in [0.717, 1.165) is 0 Å². The predicted molar refractivity (Wildman–Crippen MR) is 78.2 cm³/mol. The summed E-state index contributed by atoms with van der Waals surface area (Å²) in [6, 6.07) is 0. The minimum Gasteiger partial charge on any atom is -0.481 e. The van der Waals surface area contributed by atoms with Crippen molar-refractivity contribution in [2.75, 3.05) is 19.4 Å². The van der Waals surface area contributed by atoms with Crippen LogP contribution in [-0.2, 0) is 24.3 Å². The number of carboxylic acid groups (broad SMARTS) is 1. The van der Waals surface area contributed by atoms with Crippen molar-refractivity contribution < 1.29 is 27.9 Å². The van der Waals surface area contributed by atoms with Crippen LogP contribution in [0.3, 0.4) is 0 Å². The summed E-state index contributed by atoms with van der Waals surface area (Å²) in [6.07, 6.45) is 0.373. The maximum absolute atomic E-state index is 12.0. The molecule has 7 nitrogen and oxygen atoms in total. The lowest BCUT2D eigenvalue weighted by molar-refractivity contribution is -0.149. The number of carbonyl (C=O) groups excluding carboxylic acids is 1. The van der Waals surface area contributed by atoms with Gasteiger partial charge < -0.3 is 9.84 Å². The van der Waals surface area contributed by atoms with Crippen LogP contribution in [0.2, 0.25) is 0 Å². The number of hydrogen-bond donors (Lipinski definition) is 2. The van der Waals surface area contributed by atoms with Gasteiger partial charge in [-0.2, -0.15) is 0 Å². The summed E-state index contributed by atoms with van der Waals surface area (Å²) in [7, 11) is -2.59. The molecule has 2 N–H and O–H groups in total. The first-order valence-electron chi connectivity index (χ1n) is 6.70. The van der Waals surface area contributed by atoms with Crippen LogP contribution in [0.15, 0.2) is 0 Å². The Morgan fingerprint density at radius 1 is 1.29 bits per heavy atom. The van der Waals surface area contributed by atoms with Crippen LogP contribution < -0.4 is 4.72 Å². The van der Waals surface area contributed by atoms with Gasteiger partial charge >= 0.3 is 11.9 Å². The van der Waals surface area contributed by atoms with Gasteiger partial charge in [-0.25, -0.2) is 13.1 Å². The number of sulfonamides is 1. The van der Waals surface area contributed by atoms with Crippen LogP contribution in [0.4, 0.5) is 0 Å². The maximum atomic E-state index is 12.0. The number of aliphatic carboxylic acids is 1. The first-order chi connectivity index (χ1) is 9.41. The molecule has 0 aromatic heterocycles. The van der Waals surface area contributed by atoms with Gasteiger partial charge in [0, 0.05) is 6.54 Å². The fourth-order valence-electron chi connectivity index (χ4n) is 1.93. The third-order valence-electron chi connectivity index (χ3n) is 2.94. The molecule has 0 fully saturated rings. The number of hydrogen-bond acceptors (Lipinski definition) is 5. The Balaban J connectivity index is 4.75. The zero-order valence-corrected chi connectivity index (χ0v) is 14.0. The minimum absolute atomic E-state index is 0.141. The van der Waals surface area contributed by atoms with Crippen LogP contribution >= 0.6 is 0 Å². The summed E-state index contributed by atoms with van der Waals surface area (Å²) >= 11 is 0. The molecule has 0 aliphatic heterocycles. The van der Waals surface area contributed by atoms with Crippen LogP contribution in [0, 0.1) is 17.3 Å². The molecular formula is C13H25NO6S. The number of carbonyl (C=O) groups is 2. The second-order valence-corrected chi connectivity index (χ2v) is 7.95. The lowest BCUT2D eigenvalue weighted by Crippen LogP contribution is -2.41. The Morgan fingerprint density at radius 3 is 2.19 bits per heavy atom. The molecule has 1 atom stereocenters. The Labute approximate surface area is 126 Å². The number of carboxylic acids is 1. The second kappa shape index (κ2) is 7.74. The molecule has 0 heterocycles. The SMILES string of the molecule is COC(=O)C(C)(C)CS(=O)(=O)NCC(CC(C)C)C(=O)O. The highest BCUT2D eigenvalue weighted by Crippen LogP contribution is 2.19. The molecule has 0 amide bonds. The van der Waals surface area contributed by atoms with Gasteiger partial charge in [0.15, 0.2) is 0 Å². The normalized spacial score (nSPS) is 14.0. The van der Waals surface area contributed by atoms with Gasteiger partial charge in [0.1, 0.15) is 0 Å². The molecule has 0 saturated carbocycles. The van der Waals surface area contributed by atoms with Crippen molar-refractivity contribution in [1.29, 1.82) is 0 Å². The monoisotopic (exact) mass is 323 g/mol. The highest BCUT2D eigenvalue weighted by atomic mass is 32.2. The topological polar surface area (TPSA) is 110 Å². The fraction of sp³-hybridized carbons (Fsp3) is 0.846. The average Bonchev–Trinajstić information content (AvgIpc) is 2.31. The Bertz CT molecular complexity index is 469. The molecule has 0 rings (SSSR count). The van der Waals surface area contributed by atoms with E-state index in [1.165, 1.54) is 21.0 Å². The Kier molecular flexibility index (Phi) is 7.32. The molecule has 0 bridgehead atoms. The number of methoxy groups -OCH3 is 1. The highest BCUT2D eigenvalue weighted by molar-refractivity contribution is 7.89. The molecule has 0 aromatic carbocycles. The molecule has 0 radical (unpaired) electrons. The minimum atomic E-state index is -3.77. The first kappa shape index (κ1) is 19.9. The molecule has 0 spiro atoms. The van der Waals surface area contributed by atoms with E-state index in [1.807, 2.05) is 13.8 Å². The number of nitrogens with one attached hydrogen (secondary N) is 1. The fourth-order valence-corrected chi connectivity index (χ4v) is 3.55. The van der Waals surface area contributed by atoms with Gasteiger partial charge in [-0.15, -0.1) is 0 Å². The zero-order valence-electron chi connectivity index (χ0n) is 13.2. The van der Waals surface area contributed by atoms with E-state index < -0.39 is 39.0 Å². The van der Waals surface area contributed by atoms with Gasteiger partial charge in [0.2, 0.25) is 10.0 Å². The van der Waals surface area contributed by atoms with Crippen molar-refractivity contribution in [1.82, 2.24) is 4.72 Å². The lowest BCUT2D eigenvalue weighted by Gasteiger charge is -2.22. The zero-order chi connectivity index (χ0) is 16.8. The van der Waals surface area contributed by atoms with Gasteiger partial charge in [0.05, 0.1) is 24.2 Å². The van der Waals surface area contributed by atoms with Crippen molar-refractivity contribution in [2.24, 2.45) is 17.3 Å². The maximum Gasteiger partial charge on any atom is 0.312 e. The van der Waals surface area contributed by atoms with Crippen LogP contribution in [-0.4, -0.2) is 44.9 Å². The van der Waals surface area contributed by atoms with Crippen molar-refractivity contribution in [3.8, 4) is 0 Å². The molecule has 0 aromatic rings. The number of rotatable bonds is 9. The van der Waals surface area contributed by atoms with Crippen LogP contribution in [0.25, 0.3) is 0 Å². The summed E-state index contributed by atoms with van der Waals surface area (Å²) in [4.78, 5) is 22.6. The van der Waals surface area contributed by atoms with E-state index in [2.05, 4.69) is 9.46 Å². The Hall–Kier alpha value is -1.15. The van der Waals surface area contributed by atoms with E-state index in [9.17, 15) is 18.0 Å². The lowest BCUT2D eigenvalue weighted by atomic mass is 9.97. The summed E-state index contributed by atoms with van der Waals surface area (Å²) in [5.41, 5.74) is -1.20. The number of ether oxygens (including phenoxy) is 1. The Morgan fingerprint density at radius 2 is 1.81 bits per heavy atom. The molecular weight excluding hydrogens is 298 g/mol. The van der Waals surface area contributed by atoms with E-state index in [4.69, 9.17) is 5.11 Å². The quantitative estimate of drug-likeness (QED) is 0.609. The molecule has 0 aliphatic carbocycles. The highest BCUT2D eigenvalue weighted by Gasteiger charge is 2.35. The molecule has 8 heteroatoms. The van der Waals surface area contributed by atoms with Crippen LogP contribution in [0.5, 0.6) is 0 Å². The molecule has 21 heavy (non-hydrogen) atoms. The van der Waals surface area contributed by atoms with Gasteiger partial charge in [-0.3, -0.25) is 9.59 Å². The standard InChI is InChI=1S/C13H25NO6S/c1-9(2)6-10(11(15)16)7-14-21(18,19)8-13(3,4)12(17)20-5/h9-10,14H,6-8H2,1-5H3,(H,15,16). The second-order valence-electron chi connectivity index (χ2n) is 6.15. The summed E-state index contributed by atoms with van der Waals surface area (Å²) in [6.45, 7) is 6.46. The van der Waals surface area contributed by atoms with E-state index in [-0.39, 0.29) is 12.5 Å². The van der Waals surface area contributed by atoms with Crippen LogP contribution in [0.1, 0.15) is 34.1 Å². The molecule has 0 saturated heterocycles. The van der Waals surface area contributed by atoms with Crippen molar-refractivity contribution >= 4 is 22.0 Å². The van der Waals surface area contributed by atoms with Crippen molar-refractivity contribution in [2.45, 2.75) is 34.1 Å². The predicted octanol–water partition coefficient (Wildman–Crippen LogP) is 0.852. The molecule has 124 valence electrons. The third-order valence-corrected chi connectivity index (χ3v) is 4.65. The van der Waals surface area contributed by atoms with Crippen molar-refractivity contribution in [3.05, 3.63) is 0 Å². The smallest absolute Gasteiger partial charge is 0.312 e. The summed E-state index contributed by atoms with van der Waals surface area (Å²) < 4.78 is 30.8. The molecule has 1 unspecified atom stereocenters. The van der Waals surface area contributed by atoms with E-state index in [0.29, 0.717) is 6.42 Å². The summed E-state index contributed by atoms with van der Waals surface area (Å²) in [5, 5.41) is 9.07. The average molecular weight is 323 g/mol. The van der Waals surface area contributed by atoms with Gasteiger partial charge in [0.25, 0.3) is 0 Å². The largest absolute Gasteiger partial charge is 0.481 e. The van der Waals surface area contributed by atoms with Crippen molar-refractivity contribution in [3.63, 3.8) is 0 Å². The summed E-state index contributed by atoms with van der Waals surface area (Å²) in [5.74, 6) is -2.78. The molecule has 0 aliphatic rings. The van der Waals surface area contributed by atoms with E-state index >= 15 is 0 Å².